The van der Waals surface area contributed by atoms with Gasteiger partial charge in [0.1, 0.15) is 5.75 Å². The molecule has 2 aromatic heterocycles. The monoisotopic (exact) mass is 425 g/mol. The van der Waals surface area contributed by atoms with Crippen LogP contribution in [-0.2, 0) is 20.0 Å². The zero-order valence-corrected chi connectivity index (χ0v) is 17.1. The number of ether oxygens (including phenoxy) is 2. The number of likely N-dealkylation sites (tertiary alicyclic amines) is 1. The van der Waals surface area contributed by atoms with Crippen LogP contribution < -0.4 is 15.0 Å². The van der Waals surface area contributed by atoms with E-state index in [1.165, 1.54) is 18.5 Å². The van der Waals surface area contributed by atoms with Crippen LogP contribution in [0.5, 0.6) is 17.2 Å². The first-order chi connectivity index (χ1) is 14.9. The van der Waals surface area contributed by atoms with Crippen molar-refractivity contribution in [2.24, 2.45) is 7.05 Å². The number of nitrogens with one attached hydrogen (secondary N) is 1. The van der Waals surface area contributed by atoms with Crippen LogP contribution in [0.1, 0.15) is 24.1 Å². The minimum atomic E-state index is -1.66. The minimum absolute atomic E-state index is 0.267. The Kier molecular flexibility index (Phi) is 4.62. The number of carboxylic acid groups (broad SMARTS) is 1. The molecule has 0 aliphatic carbocycles. The molecule has 4 heterocycles. The fourth-order valence-corrected chi connectivity index (χ4v) is 4.59. The number of hydrogen-bond acceptors (Lipinski definition) is 6. The number of aromatic amines is 1. The van der Waals surface area contributed by atoms with Crippen LogP contribution >= 0.6 is 0 Å². The van der Waals surface area contributed by atoms with Crippen LogP contribution in [0.15, 0.2) is 23.0 Å². The summed E-state index contributed by atoms with van der Waals surface area (Å²) in [5.41, 5.74) is 2.86. The lowest BCUT2D eigenvalue weighted by Crippen LogP contribution is -2.19. The minimum Gasteiger partial charge on any atom is -0.504 e. The van der Waals surface area contributed by atoms with Crippen molar-refractivity contribution in [1.82, 2.24) is 14.5 Å². The van der Waals surface area contributed by atoms with E-state index in [9.17, 15) is 14.7 Å². The largest absolute Gasteiger partial charge is 0.511 e. The van der Waals surface area contributed by atoms with E-state index in [1.807, 2.05) is 19.2 Å². The molecule has 3 aromatic rings. The van der Waals surface area contributed by atoms with Gasteiger partial charge >= 0.3 is 6.16 Å². The van der Waals surface area contributed by atoms with Crippen molar-refractivity contribution in [3.8, 4) is 28.5 Å². The van der Waals surface area contributed by atoms with Crippen molar-refractivity contribution >= 4 is 17.1 Å². The van der Waals surface area contributed by atoms with Crippen LogP contribution in [0.2, 0.25) is 0 Å². The topological polar surface area (TPSA) is 117 Å². The molecule has 0 saturated carbocycles. The molecule has 0 bridgehead atoms. The summed E-state index contributed by atoms with van der Waals surface area (Å²) in [5.74, 6) is -0.494. The van der Waals surface area contributed by atoms with Crippen LogP contribution in [0.25, 0.3) is 22.2 Å². The second kappa shape index (κ2) is 7.35. The number of aromatic hydroxyl groups is 1. The Hall–Kier alpha value is -3.46. The van der Waals surface area contributed by atoms with Crippen molar-refractivity contribution in [2.75, 3.05) is 19.7 Å². The maximum atomic E-state index is 12.4. The summed E-state index contributed by atoms with van der Waals surface area (Å²) in [5, 5.41) is 20.4. The summed E-state index contributed by atoms with van der Waals surface area (Å²) < 4.78 is 12.6. The van der Waals surface area contributed by atoms with E-state index in [0.717, 1.165) is 30.5 Å². The van der Waals surface area contributed by atoms with Gasteiger partial charge in [-0.2, -0.15) is 0 Å². The standard InChI is InChI=1S/C22H23N3O6/c1-24-13(11-25-5-2-3-6-25)8-12-9-15-17(10-16(12)24)30-7-4-14-18(15)23-21(27)20(19(14)26)31-22(28)29/h8-10H,2-7,11H2,1H3,(H,28,29)(H2,23,26,27). The number of pyridine rings is 1. The molecule has 9 nitrogen and oxygen atoms in total. The average molecular weight is 425 g/mol. The quantitative estimate of drug-likeness (QED) is 0.553. The predicted octanol–water partition coefficient (Wildman–Crippen LogP) is 2.83. The highest BCUT2D eigenvalue weighted by Gasteiger charge is 2.26. The fourth-order valence-electron chi connectivity index (χ4n) is 4.59. The summed E-state index contributed by atoms with van der Waals surface area (Å²) in [6.07, 6.45) is 1.09. The number of aryl methyl sites for hydroxylation is 1. The number of benzene rings is 1. The van der Waals surface area contributed by atoms with E-state index in [1.54, 1.807) is 0 Å². The molecule has 0 radical (unpaired) electrons. The van der Waals surface area contributed by atoms with Crippen molar-refractivity contribution < 1.29 is 24.5 Å². The lowest BCUT2D eigenvalue weighted by Gasteiger charge is -2.15. The van der Waals surface area contributed by atoms with Gasteiger partial charge in [-0.05, 0) is 38.1 Å². The van der Waals surface area contributed by atoms with E-state index in [4.69, 9.17) is 9.84 Å². The molecule has 2 aliphatic rings. The first kappa shape index (κ1) is 19.5. The summed E-state index contributed by atoms with van der Waals surface area (Å²) in [7, 11) is 2.04. The van der Waals surface area contributed by atoms with Gasteiger partial charge in [0.15, 0.2) is 5.75 Å². The summed E-state index contributed by atoms with van der Waals surface area (Å²) >= 11 is 0. The predicted molar refractivity (Wildman–Crippen MR) is 113 cm³/mol. The van der Waals surface area contributed by atoms with Gasteiger partial charge in [0, 0.05) is 48.3 Å². The number of fused-ring (bicyclic) bond motifs is 4. The lowest BCUT2D eigenvalue weighted by molar-refractivity contribution is 0.142. The van der Waals surface area contributed by atoms with E-state index in [0.29, 0.717) is 29.0 Å². The smallest absolute Gasteiger partial charge is 0.504 e. The molecule has 0 unspecified atom stereocenters. The van der Waals surface area contributed by atoms with Crippen LogP contribution in [-0.4, -0.2) is 50.5 Å². The van der Waals surface area contributed by atoms with Crippen LogP contribution in [0.3, 0.4) is 0 Å². The van der Waals surface area contributed by atoms with Crippen molar-refractivity contribution in [3.63, 3.8) is 0 Å². The van der Waals surface area contributed by atoms with Gasteiger partial charge in [-0.3, -0.25) is 9.69 Å². The molecule has 1 fully saturated rings. The fraction of sp³-hybridized carbons (Fsp3) is 0.364. The molecule has 1 aromatic carbocycles. The Bertz CT molecular complexity index is 1250. The van der Waals surface area contributed by atoms with Gasteiger partial charge in [0.25, 0.3) is 5.56 Å². The Morgan fingerprint density at radius 1 is 1.26 bits per heavy atom. The number of H-pyrrole nitrogens is 1. The van der Waals surface area contributed by atoms with Gasteiger partial charge in [-0.15, -0.1) is 0 Å². The highest BCUT2D eigenvalue weighted by atomic mass is 16.7. The van der Waals surface area contributed by atoms with Crippen molar-refractivity contribution in [1.29, 1.82) is 0 Å². The second-order valence-corrected chi connectivity index (χ2v) is 8.04. The normalized spacial score (nSPS) is 15.9. The first-order valence-corrected chi connectivity index (χ1v) is 10.3. The molecule has 31 heavy (non-hydrogen) atoms. The van der Waals surface area contributed by atoms with Gasteiger partial charge in [0.05, 0.1) is 17.8 Å². The molecule has 1 saturated heterocycles. The van der Waals surface area contributed by atoms with Gasteiger partial charge in [-0.25, -0.2) is 4.79 Å². The van der Waals surface area contributed by atoms with E-state index < -0.39 is 23.2 Å². The molecule has 3 N–H and O–H groups in total. The first-order valence-electron chi connectivity index (χ1n) is 10.3. The second-order valence-electron chi connectivity index (χ2n) is 8.04. The van der Waals surface area contributed by atoms with Gasteiger partial charge < -0.3 is 29.2 Å². The molecule has 9 heteroatoms. The highest BCUT2D eigenvalue weighted by Crippen LogP contribution is 2.42. The molecular formula is C22H23N3O6. The summed E-state index contributed by atoms with van der Waals surface area (Å²) in [4.78, 5) is 28.4. The van der Waals surface area contributed by atoms with Crippen molar-refractivity contribution in [3.05, 3.63) is 39.8 Å². The Labute approximate surface area is 177 Å². The number of hydrogen-bond donors (Lipinski definition) is 3. The average Bonchev–Trinajstić information content (AvgIpc) is 3.30. The van der Waals surface area contributed by atoms with E-state index in [2.05, 4.69) is 25.3 Å². The molecular weight excluding hydrogens is 402 g/mol. The Morgan fingerprint density at radius 2 is 2.03 bits per heavy atom. The SMILES string of the molecule is Cn1c(CN2CCCC2)cc2cc3c(cc21)OCCc1c-3[nH]c(=O)c(OC(=O)O)c1O. The summed E-state index contributed by atoms with van der Waals surface area (Å²) in [6, 6.07) is 6.03. The number of nitrogens with zero attached hydrogens (tertiary/aromatic N) is 2. The van der Waals surface area contributed by atoms with E-state index >= 15 is 0 Å². The molecule has 0 spiro atoms. The molecule has 0 atom stereocenters. The zero-order valence-electron chi connectivity index (χ0n) is 17.1. The zero-order chi connectivity index (χ0) is 21.7. The molecule has 162 valence electrons. The third-order valence-corrected chi connectivity index (χ3v) is 6.14. The summed E-state index contributed by atoms with van der Waals surface area (Å²) in [6.45, 7) is 3.36. The number of aromatic nitrogens is 2. The highest BCUT2D eigenvalue weighted by molar-refractivity contribution is 5.90. The molecule has 0 amide bonds. The molecule has 2 aliphatic heterocycles. The third kappa shape index (κ3) is 3.31. The van der Waals surface area contributed by atoms with Gasteiger partial charge in [-0.1, -0.05) is 0 Å². The van der Waals surface area contributed by atoms with Crippen molar-refractivity contribution in [2.45, 2.75) is 25.8 Å². The maximum Gasteiger partial charge on any atom is 0.511 e. The third-order valence-electron chi connectivity index (χ3n) is 6.14. The van der Waals surface area contributed by atoms with Gasteiger partial charge in [0.2, 0.25) is 5.75 Å². The molecule has 5 rings (SSSR count). The van der Waals surface area contributed by atoms with Crippen LogP contribution in [0, 0.1) is 0 Å². The van der Waals surface area contributed by atoms with Crippen LogP contribution in [0.4, 0.5) is 4.79 Å². The number of rotatable bonds is 3. The Balaban J connectivity index is 1.64. The Morgan fingerprint density at radius 3 is 2.77 bits per heavy atom. The number of carbonyl (C=O) groups is 1. The van der Waals surface area contributed by atoms with E-state index in [-0.39, 0.29) is 6.61 Å². The lowest BCUT2D eigenvalue weighted by atomic mass is 10.0. The maximum absolute atomic E-state index is 12.4.